The summed E-state index contributed by atoms with van der Waals surface area (Å²) in [6.45, 7) is 9.15. The molecule has 0 unspecified atom stereocenters. The van der Waals surface area contributed by atoms with Crippen molar-refractivity contribution in [3.8, 4) is 0 Å². The van der Waals surface area contributed by atoms with Gasteiger partial charge in [0, 0.05) is 18.3 Å². The number of benzene rings is 1. The molecule has 0 aliphatic carbocycles. The third kappa shape index (κ3) is 2.66. The molecular weight excluding hydrogens is 261 g/mol. The summed E-state index contributed by atoms with van der Waals surface area (Å²) in [6.07, 6.45) is 2.08. The lowest BCUT2D eigenvalue weighted by Gasteiger charge is -2.32. The second-order valence-electron chi connectivity index (χ2n) is 6.63. The Morgan fingerprint density at radius 1 is 0.905 bits per heavy atom. The molecule has 21 heavy (non-hydrogen) atoms. The van der Waals surface area contributed by atoms with E-state index in [4.69, 9.17) is 9.31 Å². The minimum absolute atomic E-state index is 0.306. The van der Waals surface area contributed by atoms with Crippen LogP contribution in [0.4, 0.5) is 0 Å². The molecule has 0 atom stereocenters. The first-order valence-electron chi connectivity index (χ1n) is 7.44. The Kier molecular flexibility index (Phi) is 3.46. The number of rotatable bonds is 3. The van der Waals surface area contributed by atoms with Gasteiger partial charge in [-0.05, 0) is 45.4 Å². The minimum Gasteiger partial charge on any atom is -0.398 e. The van der Waals surface area contributed by atoms with Crippen LogP contribution in [0.5, 0.6) is 0 Å². The van der Waals surface area contributed by atoms with Crippen LogP contribution in [-0.2, 0) is 15.9 Å². The summed E-state index contributed by atoms with van der Waals surface area (Å²) in [5.41, 5.74) is 1.72. The molecule has 0 bridgehead atoms. The van der Waals surface area contributed by atoms with Crippen molar-refractivity contribution in [3.05, 3.63) is 54.2 Å². The molecule has 0 spiro atoms. The topological polar surface area (TPSA) is 23.4 Å². The Bertz CT molecular complexity index is 603. The van der Waals surface area contributed by atoms with Crippen molar-refractivity contribution in [2.45, 2.75) is 45.4 Å². The summed E-state index contributed by atoms with van der Waals surface area (Å²) in [7, 11) is -0.311. The quantitative estimate of drug-likeness (QED) is 0.809. The molecule has 1 aromatic carbocycles. The second kappa shape index (κ2) is 5.04. The van der Waals surface area contributed by atoms with Crippen LogP contribution in [0, 0.1) is 0 Å². The molecule has 2 aromatic rings. The number of hydrogen-bond acceptors (Lipinski definition) is 2. The van der Waals surface area contributed by atoms with Crippen LogP contribution in [0.1, 0.15) is 33.3 Å². The molecule has 3 nitrogen and oxygen atoms in total. The summed E-state index contributed by atoms with van der Waals surface area (Å²) in [5.74, 6) is 0. The van der Waals surface area contributed by atoms with Crippen molar-refractivity contribution < 1.29 is 9.31 Å². The first kappa shape index (κ1) is 14.4. The van der Waals surface area contributed by atoms with Gasteiger partial charge in [0.05, 0.1) is 11.2 Å². The highest BCUT2D eigenvalue weighted by Crippen LogP contribution is 2.36. The Hall–Kier alpha value is -1.52. The second-order valence-corrected chi connectivity index (χ2v) is 6.63. The van der Waals surface area contributed by atoms with Crippen molar-refractivity contribution in [2.75, 3.05) is 0 Å². The van der Waals surface area contributed by atoms with Gasteiger partial charge in [0.1, 0.15) is 0 Å². The van der Waals surface area contributed by atoms with E-state index in [0.29, 0.717) is 0 Å². The highest BCUT2D eigenvalue weighted by molar-refractivity contribution is 6.61. The Labute approximate surface area is 127 Å². The number of aromatic nitrogens is 1. The summed E-state index contributed by atoms with van der Waals surface area (Å²) >= 11 is 0. The van der Waals surface area contributed by atoms with Crippen molar-refractivity contribution in [3.63, 3.8) is 0 Å². The van der Waals surface area contributed by atoms with E-state index in [1.165, 1.54) is 5.56 Å². The number of hydrogen-bond donors (Lipinski definition) is 0. The molecule has 3 rings (SSSR count). The lowest BCUT2D eigenvalue weighted by Crippen LogP contribution is -2.41. The normalized spacial score (nSPS) is 19.9. The van der Waals surface area contributed by atoms with E-state index < -0.39 is 0 Å². The fourth-order valence-corrected chi connectivity index (χ4v) is 2.53. The molecule has 4 heteroatoms. The fourth-order valence-electron chi connectivity index (χ4n) is 2.53. The highest BCUT2D eigenvalue weighted by Gasteiger charge is 2.52. The van der Waals surface area contributed by atoms with Gasteiger partial charge in [-0.3, -0.25) is 0 Å². The predicted octanol–water partition coefficient (Wildman–Crippen LogP) is 2.84. The minimum atomic E-state index is -0.311. The molecule has 1 saturated heterocycles. The van der Waals surface area contributed by atoms with E-state index in [1.54, 1.807) is 0 Å². The largest absolute Gasteiger partial charge is 0.512 e. The molecule has 1 aliphatic heterocycles. The summed E-state index contributed by atoms with van der Waals surface area (Å²) in [4.78, 5) is 0. The van der Waals surface area contributed by atoms with Gasteiger partial charge in [0.15, 0.2) is 0 Å². The van der Waals surface area contributed by atoms with Gasteiger partial charge in [0.2, 0.25) is 0 Å². The van der Waals surface area contributed by atoms with Crippen LogP contribution in [0.3, 0.4) is 0 Å². The average molecular weight is 283 g/mol. The lowest BCUT2D eigenvalue weighted by molar-refractivity contribution is 0.00578. The van der Waals surface area contributed by atoms with Crippen LogP contribution in [0.25, 0.3) is 0 Å². The van der Waals surface area contributed by atoms with Gasteiger partial charge in [-0.1, -0.05) is 30.3 Å². The third-order valence-electron chi connectivity index (χ3n) is 4.56. The fraction of sp³-hybridized carbons (Fsp3) is 0.412. The lowest BCUT2D eigenvalue weighted by atomic mass is 9.84. The van der Waals surface area contributed by atoms with Crippen LogP contribution in [-0.4, -0.2) is 22.9 Å². The Morgan fingerprint density at radius 3 is 2.14 bits per heavy atom. The maximum atomic E-state index is 6.14. The third-order valence-corrected chi connectivity index (χ3v) is 4.56. The molecule has 1 aromatic heterocycles. The van der Waals surface area contributed by atoms with Crippen LogP contribution < -0.4 is 5.59 Å². The average Bonchev–Trinajstić information content (AvgIpc) is 2.94. The van der Waals surface area contributed by atoms with Gasteiger partial charge >= 0.3 is 7.12 Å². The van der Waals surface area contributed by atoms with Gasteiger partial charge in [-0.25, -0.2) is 0 Å². The molecule has 2 heterocycles. The van der Waals surface area contributed by atoms with Crippen LogP contribution >= 0.6 is 0 Å². The zero-order chi connectivity index (χ0) is 15.1. The first-order chi connectivity index (χ1) is 9.89. The van der Waals surface area contributed by atoms with Gasteiger partial charge in [0.25, 0.3) is 0 Å². The van der Waals surface area contributed by atoms with Crippen LogP contribution in [0.15, 0.2) is 48.7 Å². The van der Waals surface area contributed by atoms with Crippen molar-refractivity contribution in [1.82, 2.24) is 4.57 Å². The predicted molar refractivity (Wildman–Crippen MR) is 85.7 cm³/mol. The van der Waals surface area contributed by atoms with Gasteiger partial charge < -0.3 is 13.9 Å². The molecule has 0 saturated carbocycles. The monoisotopic (exact) mass is 283 g/mol. The van der Waals surface area contributed by atoms with E-state index in [0.717, 1.165) is 12.1 Å². The molecular formula is C17H22BNO2. The standard InChI is InChI=1S/C17H22BNO2/c1-16(2)17(3,4)21-18(20-16)15-11-8-12-19(15)13-14-9-6-5-7-10-14/h5-12H,13H2,1-4H3. The zero-order valence-electron chi connectivity index (χ0n) is 13.2. The molecule has 110 valence electrons. The van der Waals surface area contributed by atoms with Gasteiger partial charge in [-0.2, -0.15) is 0 Å². The van der Waals surface area contributed by atoms with Crippen molar-refractivity contribution in [2.24, 2.45) is 0 Å². The Morgan fingerprint density at radius 2 is 1.52 bits per heavy atom. The van der Waals surface area contributed by atoms with E-state index >= 15 is 0 Å². The SMILES string of the molecule is CC1(C)OB(c2cccn2Cc2ccccc2)OC1(C)C. The summed E-state index contributed by atoms with van der Waals surface area (Å²) < 4.78 is 14.5. The smallest absolute Gasteiger partial charge is 0.398 e. The zero-order valence-corrected chi connectivity index (χ0v) is 13.2. The van der Waals surface area contributed by atoms with Crippen LogP contribution in [0.2, 0.25) is 0 Å². The first-order valence-corrected chi connectivity index (χ1v) is 7.44. The molecule has 1 fully saturated rings. The molecule has 0 N–H and O–H groups in total. The summed E-state index contributed by atoms with van der Waals surface area (Å²) in [5, 5.41) is 0. The maximum Gasteiger partial charge on any atom is 0.512 e. The van der Waals surface area contributed by atoms with E-state index in [1.807, 2.05) is 12.1 Å². The van der Waals surface area contributed by atoms with E-state index in [2.05, 4.69) is 68.8 Å². The molecule has 1 aliphatic rings. The Balaban J connectivity index is 1.84. The van der Waals surface area contributed by atoms with Gasteiger partial charge in [-0.15, -0.1) is 0 Å². The van der Waals surface area contributed by atoms with E-state index in [9.17, 15) is 0 Å². The van der Waals surface area contributed by atoms with Crippen molar-refractivity contribution >= 4 is 12.7 Å². The maximum absolute atomic E-state index is 6.14. The van der Waals surface area contributed by atoms with Crippen molar-refractivity contribution in [1.29, 1.82) is 0 Å². The van der Waals surface area contributed by atoms with E-state index in [-0.39, 0.29) is 18.3 Å². The molecule has 0 radical (unpaired) electrons. The molecule has 0 amide bonds. The summed E-state index contributed by atoms with van der Waals surface area (Å²) in [6, 6.07) is 14.5. The number of nitrogens with zero attached hydrogens (tertiary/aromatic N) is 1. The highest BCUT2D eigenvalue weighted by atomic mass is 16.7.